The van der Waals surface area contributed by atoms with Gasteiger partial charge in [0.1, 0.15) is 6.61 Å². The molecule has 0 aromatic heterocycles. The molecule has 3 aromatic carbocycles. The molecule has 0 aliphatic carbocycles. The van der Waals surface area contributed by atoms with Crippen molar-refractivity contribution in [2.75, 3.05) is 12.5 Å². The van der Waals surface area contributed by atoms with E-state index in [1.165, 1.54) is 5.56 Å². The average Bonchev–Trinajstić information content (AvgIpc) is 2.68. The second-order valence-electron chi connectivity index (χ2n) is 5.92. The molecule has 0 aliphatic rings. The predicted octanol–water partition coefficient (Wildman–Crippen LogP) is 5.03. The van der Waals surface area contributed by atoms with Crippen LogP contribution in [0.4, 0.5) is 5.69 Å². The molecule has 4 nitrogen and oxygen atoms in total. The summed E-state index contributed by atoms with van der Waals surface area (Å²) in [4.78, 5) is 0. The zero-order valence-electron chi connectivity index (χ0n) is 15.0. The predicted molar refractivity (Wildman–Crippen MR) is 106 cm³/mol. The Labute approximate surface area is 154 Å². The van der Waals surface area contributed by atoms with Crippen LogP contribution in [0.2, 0.25) is 0 Å². The number of ether oxygens (including phenoxy) is 2. The van der Waals surface area contributed by atoms with Crippen molar-refractivity contribution >= 4 is 11.9 Å². The molecule has 0 unspecified atom stereocenters. The van der Waals surface area contributed by atoms with Gasteiger partial charge >= 0.3 is 0 Å². The number of nitrogens with zero attached hydrogens (tertiary/aromatic N) is 1. The number of benzene rings is 3. The lowest BCUT2D eigenvalue weighted by Crippen LogP contribution is -1.99. The number of rotatable bonds is 7. The van der Waals surface area contributed by atoms with E-state index in [2.05, 4.69) is 41.7 Å². The highest BCUT2D eigenvalue weighted by molar-refractivity contribution is 5.81. The number of hydrogen-bond donors (Lipinski definition) is 1. The van der Waals surface area contributed by atoms with Gasteiger partial charge in [0.2, 0.25) is 0 Å². The molecule has 0 saturated heterocycles. The summed E-state index contributed by atoms with van der Waals surface area (Å²) in [5, 5.41) is 4.27. The Hall–Kier alpha value is -3.27. The summed E-state index contributed by atoms with van der Waals surface area (Å²) >= 11 is 0. The van der Waals surface area contributed by atoms with Gasteiger partial charge in [-0.1, -0.05) is 48.0 Å². The molecular formula is C22H22N2O2. The Morgan fingerprint density at radius 1 is 0.923 bits per heavy atom. The highest BCUT2D eigenvalue weighted by atomic mass is 16.5. The second-order valence-corrected chi connectivity index (χ2v) is 5.92. The van der Waals surface area contributed by atoms with E-state index in [9.17, 15) is 0 Å². The van der Waals surface area contributed by atoms with Gasteiger partial charge in [0.05, 0.1) is 19.0 Å². The van der Waals surface area contributed by atoms with Gasteiger partial charge < -0.3 is 9.47 Å². The molecular weight excluding hydrogens is 324 g/mol. The van der Waals surface area contributed by atoms with Crippen molar-refractivity contribution in [1.82, 2.24) is 0 Å². The van der Waals surface area contributed by atoms with Gasteiger partial charge in [-0.2, -0.15) is 5.10 Å². The maximum absolute atomic E-state index is 5.95. The number of anilines is 1. The summed E-state index contributed by atoms with van der Waals surface area (Å²) in [6, 6.07) is 23.8. The van der Waals surface area contributed by atoms with E-state index in [0.29, 0.717) is 18.1 Å². The third kappa shape index (κ3) is 4.86. The topological polar surface area (TPSA) is 42.8 Å². The largest absolute Gasteiger partial charge is 0.493 e. The minimum Gasteiger partial charge on any atom is -0.493 e. The first-order valence-corrected chi connectivity index (χ1v) is 8.45. The summed E-state index contributed by atoms with van der Waals surface area (Å²) in [7, 11) is 1.64. The second kappa shape index (κ2) is 8.72. The van der Waals surface area contributed by atoms with Crippen LogP contribution < -0.4 is 14.9 Å². The van der Waals surface area contributed by atoms with Gasteiger partial charge in [-0.15, -0.1) is 0 Å². The first-order chi connectivity index (χ1) is 12.7. The first-order valence-electron chi connectivity index (χ1n) is 8.45. The molecule has 0 saturated carbocycles. The molecule has 0 radical (unpaired) electrons. The maximum atomic E-state index is 5.95. The Balaban J connectivity index is 1.68. The minimum atomic E-state index is 0.486. The number of hydrogen-bond acceptors (Lipinski definition) is 4. The molecule has 0 atom stereocenters. The van der Waals surface area contributed by atoms with Crippen LogP contribution in [-0.4, -0.2) is 13.3 Å². The van der Waals surface area contributed by atoms with Crippen LogP contribution in [0.3, 0.4) is 0 Å². The molecule has 0 fully saturated rings. The Morgan fingerprint density at radius 3 is 2.42 bits per heavy atom. The Kier molecular flexibility index (Phi) is 5.88. The molecule has 4 heteroatoms. The molecule has 0 spiro atoms. The van der Waals surface area contributed by atoms with Crippen LogP contribution in [0.25, 0.3) is 0 Å². The Morgan fingerprint density at radius 2 is 1.69 bits per heavy atom. The number of para-hydroxylation sites is 1. The van der Waals surface area contributed by atoms with E-state index in [0.717, 1.165) is 16.8 Å². The van der Waals surface area contributed by atoms with Crippen molar-refractivity contribution in [3.05, 3.63) is 89.5 Å². The quantitative estimate of drug-likeness (QED) is 0.482. The van der Waals surface area contributed by atoms with Crippen LogP contribution in [0.5, 0.6) is 11.5 Å². The third-order valence-corrected chi connectivity index (χ3v) is 3.88. The molecule has 0 amide bonds. The molecule has 0 aliphatic heterocycles. The molecule has 3 rings (SSSR count). The van der Waals surface area contributed by atoms with Crippen LogP contribution in [0.1, 0.15) is 16.7 Å². The van der Waals surface area contributed by atoms with E-state index < -0.39 is 0 Å². The zero-order valence-corrected chi connectivity index (χ0v) is 15.0. The van der Waals surface area contributed by atoms with Crippen molar-refractivity contribution in [2.24, 2.45) is 5.10 Å². The van der Waals surface area contributed by atoms with Crippen LogP contribution in [0, 0.1) is 6.92 Å². The van der Waals surface area contributed by atoms with Gasteiger partial charge in [-0.3, -0.25) is 5.43 Å². The van der Waals surface area contributed by atoms with Gasteiger partial charge in [-0.25, -0.2) is 0 Å². The number of nitrogens with one attached hydrogen (secondary N) is 1. The standard InChI is InChI=1S/C22H22N2O2/c1-17-8-10-18(11-9-17)16-26-22-14-19(12-13-21(22)25-2)15-23-24-20-6-4-3-5-7-20/h3-15,24H,16H2,1-2H3. The lowest BCUT2D eigenvalue weighted by Gasteiger charge is -2.11. The molecule has 1 N–H and O–H groups in total. The van der Waals surface area contributed by atoms with Crippen molar-refractivity contribution in [3.8, 4) is 11.5 Å². The SMILES string of the molecule is COc1ccc(C=NNc2ccccc2)cc1OCc1ccc(C)cc1. The normalized spacial score (nSPS) is 10.7. The maximum Gasteiger partial charge on any atom is 0.162 e. The van der Waals surface area contributed by atoms with Crippen molar-refractivity contribution in [1.29, 1.82) is 0 Å². The molecule has 0 bridgehead atoms. The summed E-state index contributed by atoms with van der Waals surface area (Å²) in [6.07, 6.45) is 1.76. The van der Waals surface area contributed by atoms with Gasteiger partial charge in [0, 0.05) is 0 Å². The smallest absolute Gasteiger partial charge is 0.162 e. The first kappa shape index (κ1) is 17.5. The molecule has 0 heterocycles. The van der Waals surface area contributed by atoms with Crippen molar-refractivity contribution in [2.45, 2.75) is 13.5 Å². The van der Waals surface area contributed by atoms with Crippen LogP contribution in [-0.2, 0) is 6.61 Å². The fraction of sp³-hybridized carbons (Fsp3) is 0.136. The van der Waals surface area contributed by atoms with Gasteiger partial charge in [0.25, 0.3) is 0 Å². The summed E-state index contributed by atoms with van der Waals surface area (Å²) < 4.78 is 11.3. The van der Waals surface area contributed by atoms with Crippen molar-refractivity contribution < 1.29 is 9.47 Å². The van der Waals surface area contributed by atoms with E-state index >= 15 is 0 Å². The lowest BCUT2D eigenvalue weighted by atomic mass is 10.1. The number of methoxy groups -OCH3 is 1. The van der Waals surface area contributed by atoms with Gasteiger partial charge in [0.15, 0.2) is 11.5 Å². The minimum absolute atomic E-state index is 0.486. The zero-order chi connectivity index (χ0) is 18.2. The lowest BCUT2D eigenvalue weighted by molar-refractivity contribution is 0.284. The van der Waals surface area contributed by atoms with Gasteiger partial charge in [-0.05, 0) is 48.4 Å². The number of aryl methyl sites for hydroxylation is 1. The molecule has 132 valence electrons. The highest BCUT2D eigenvalue weighted by Gasteiger charge is 2.06. The number of hydrazone groups is 1. The van der Waals surface area contributed by atoms with E-state index in [4.69, 9.17) is 9.47 Å². The highest BCUT2D eigenvalue weighted by Crippen LogP contribution is 2.28. The summed E-state index contributed by atoms with van der Waals surface area (Å²) in [6.45, 7) is 2.56. The van der Waals surface area contributed by atoms with E-state index in [1.807, 2.05) is 48.5 Å². The summed E-state index contributed by atoms with van der Waals surface area (Å²) in [5.74, 6) is 1.39. The average molecular weight is 346 g/mol. The van der Waals surface area contributed by atoms with E-state index in [-0.39, 0.29) is 0 Å². The van der Waals surface area contributed by atoms with Crippen LogP contribution in [0.15, 0.2) is 77.9 Å². The Bertz CT molecular complexity index is 859. The fourth-order valence-electron chi connectivity index (χ4n) is 2.43. The monoisotopic (exact) mass is 346 g/mol. The fourth-order valence-corrected chi connectivity index (χ4v) is 2.43. The third-order valence-electron chi connectivity index (χ3n) is 3.88. The van der Waals surface area contributed by atoms with Crippen molar-refractivity contribution in [3.63, 3.8) is 0 Å². The molecule has 3 aromatic rings. The summed E-state index contributed by atoms with van der Waals surface area (Å²) in [5.41, 5.74) is 7.21. The van der Waals surface area contributed by atoms with E-state index in [1.54, 1.807) is 13.3 Å². The molecule has 26 heavy (non-hydrogen) atoms. The van der Waals surface area contributed by atoms with Crippen LogP contribution >= 0.6 is 0 Å².